The molecular weight excluding hydrogens is 399 g/mol. The van der Waals surface area contributed by atoms with Crippen LogP contribution in [0.1, 0.15) is 44.0 Å². The Bertz CT molecular complexity index is 972. The van der Waals surface area contributed by atoms with E-state index in [1.165, 1.54) is 16.9 Å². The molecule has 162 valence electrons. The van der Waals surface area contributed by atoms with Crippen LogP contribution in [0.3, 0.4) is 0 Å². The summed E-state index contributed by atoms with van der Waals surface area (Å²) in [6, 6.07) is 3.07. The Hall–Kier alpha value is -2.78. The molecule has 0 aromatic carbocycles. The van der Waals surface area contributed by atoms with Crippen molar-refractivity contribution >= 4 is 11.7 Å². The maximum absolute atomic E-state index is 12.7. The lowest BCUT2D eigenvalue weighted by Crippen LogP contribution is -2.40. The SMILES string of the molecule is C[C@@H]1CN(c2nccc(-n3ccc(OC4CC4C(F)(F)F)n3)c2C(N)=O)C(C)(C)C1. The van der Waals surface area contributed by atoms with E-state index in [1.54, 1.807) is 12.3 Å². The van der Waals surface area contributed by atoms with E-state index in [-0.39, 0.29) is 23.4 Å². The van der Waals surface area contributed by atoms with Gasteiger partial charge < -0.3 is 15.4 Å². The highest BCUT2D eigenvalue weighted by Gasteiger charge is 2.58. The minimum Gasteiger partial charge on any atom is -0.473 e. The highest BCUT2D eigenvalue weighted by Crippen LogP contribution is 2.46. The highest BCUT2D eigenvalue weighted by molar-refractivity contribution is 6.01. The number of halogens is 3. The highest BCUT2D eigenvalue weighted by atomic mass is 19.4. The van der Waals surface area contributed by atoms with E-state index in [4.69, 9.17) is 10.5 Å². The van der Waals surface area contributed by atoms with Gasteiger partial charge in [0.2, 0.25) is 5.88 Å². The zero-order chi connectivity index (χ0) is 21.8. The first kappa shape index (κ1) is 20.5. The van der Waals surface area contributed by atoms with Crippen LogP contribution in [0.25, 0.3) is 5.69 Å². The largest absolute Gasteiger partial charge is 0.473 e. The molecule has 1 saturated heterocycles. The second-order valence-electron chi connectivity index (χ2n) is 8.76. The molecule has 3 heterocycles. The first-order valence-electron chi connectivity index (χ1n) is 9.83. The molecule has 4 rings (SSSR count). The van der Waals surface area contributed by atoms with E-state index in [9.17, 15) is 18.0 Å². The van der Waals surface area contributed by atoms with E-state index in [0.29, 0.717) is 17.4 Å². The normalized spacial score (nSPS) is 25.4. The molecule has 0 spiro atoms. The first-order chi connectivity index (χ1) is 14.0. The predicted octanol–water partition coefficient (Wildman–Crippen LogP) is 3.32. The molecule has 10 heteroatoms. The first-order valence-corrected chi connectivity index (χ1v) is 9.83. The molecule has 1 aliphatic heterocycles. The van der Waals surface area contributed by atoms with Crippen molar-refractivity contribution in [1.82, 2.24) is 14.8 Å². The van der Waals surface area contributed by atoms with Crippen LogP contribution >= 0.6 is 0 Å². The third-order valence-corrected chi connectivity index (χ3v) is 5.72. The number of nitrogens with two attached hydrogens (primary N) is 1. The molecule has 1 saturated carbocycles. The summed E-state index contributed by atoms with van der Waals surface area (Å²) in [7, 11) is 0. The van der Waals surface area contributed by atoms with Crippen molar-refractivity contribution < 1.29 is 22.7 Å². The zero-order valence-corrected chi connectivity index (χ0v) is 17.0. The molecule has 1 amide bonds. The van der Waals surface area contributed by atoms with Gasteiger partial charge in [0.05, 0.1) is 11.6 Å². The summed E-state index contributed by atoms with van der Waals surface area (Å²) in [5, 5.41) is 4.21. The molecule has 3 atom stereocenters. The van der Waals surface area contributed by atoms with Crippen molar-refractivity contribution in [2.75, 3.05) is 11.4 Å². The number of alkyl halides is 3. The number of nitrogens with zero attached hydrogens (tertiary/aromatic N) is 4. The van der Waals surface area contributed by atoms with Crippen LogP contribution in [0, 0.1) is 11.8 Å². The lowest BCUT2D eigenvalue weighted by atomic mass is 9.97. The maximum Gasteiger partial charge on any atom is 0.395 e. The third kappa shape index (κ3) is 3.70. The molecule has 0 bridgehead atoms. The topological polar surface area (TPSA) is 86.3 Å². The average molecular weight is 423 g/mol. The molecule has 2 aliphatic rings. The van der Waals surface area contributed by atoms with Crippen LogP contribution in [-0.2, 0) is 0 Å². The number of hydrogen-bond acceptors (Lipinski definition) is 5. The molecule has 1 aliphatic carbocycles. The van der Waals surface area contributed by atoms with Crippen LogP contribution in [0.15, 0.2) is 24.5 Å². The van der Waals surface area contributed by atoms with Gasteiger partial charge in [0, 0.05) is 30.5 Å². The fourth-order valence-electron chi connectivity index (χ4n) is 4.34. The number of ether oxygens (including phenoxy) is 1. The molecular formula is C20H24F3N5O2. The van der Waals surface area contributed by atoms with Crippen molar-refractivity contribution in [2.24, 2.45) is 17.6 Å². The Morgan fingerprint density at radius 3 is 2.63 bits per heavy atom. The minimum atomic E-state index is -4.27. The second-order valence-corrected chi connectivity index (χ2v) is 8.76. The van der Waals surface area contributed by atoms with Gasteiger partial charge >= 0.3 is 6.18 Å². The van der Waals surface area contributed by atoms with Crippen LogP contribution in [0.4, 0.5) is 19.0 Å². The van der Waals surface area contributed by atoms with Crippen LogP contribution in [-0.4, -0.2) is 45.0 Å². The smallest absolute Gasteiger partial charge is 0.395 e. The van der Waals surface area contributed by atoms with Gasteiger partial charge in [-0.1, -0.05) is 6.92 Å². The second kappa shape index (κ2) is 6.88. The van der Waals surface area contributed by atoms with Gasteiger partial charge in [0.15, 0.2) is 0 Å². The van der Waals surface area contributed by atoms with Gasteiger partial charge in [-0.25, -0.2) is 9.67 Å². The number of amides is 1. The summed E-state index contributed by atoms with van der Waals surface area (Å²) >= 11 is 0. The molecule has 30 heavy (non-hydrogen) atoms. The van der Waals surface area contributed by atoms with Crippen molar-refractivity contribution in [2.45, 2.75) is 51.4 Å². The van der Waals surface area contributed by atoms with Crippen LogP contribution in [0.2, 0.25) is 0 Å². The van der Waals surface area contributed by atoms with Crippen LogP contribution in [0.5, 0.6) is 5.88 Å². The summed E-state index contributed by atoms with van der Waals surface area (Å²) < 4.78 is 44.9. The zero-order valence-electron chi connectivity index (χ0n) is 17.0. The summed E-state index contributed by atoms with van der Waals surface area (Å²) in [5.41, 5.74) is 6.12. The minimum absolute atomic E-state index is 0.0654. The summed E-state index contributed by atoms with van der Waals surface area (Å²) in [4.78, 5) is 18.9. The average Bonchev–Trinajstić information content (AvgIpc) is 3.16. The van der Waals surface area contributed by atoms with E-state index in [0.717, 1.165) is 13.0 Å². The number of carbonyl (C=O) groups excluding carboxylic acids is 1. The Labute approximate surface area is 172 Å². The van der Waals surface area contributed by atoms with Gasteiger partial charge in [0.1, 0.15) is 17.5 Å². The standard InChI is InChI=1S/C20H24F3N5O2/c1-11-9-19(2,3)27(10-11)18-16(17(24)29)13(4-6-25-18)28-7-5-15(26-28)30-14-8-12(14)20(21,22)23/h4-7,11-12,14H,8-10H2,1-3H3,(H2,24,29)/t11-,12?,14?/m0/s1. The molecule has 0 radical (unpaired) electrons. The Kier molecular flexibility index (Phi) is 4.70. The van der Waals surface area contributed by atoms with E-state index >= 15 is 0 Å². The fraction of sp³-hybridized carbons (Fsp3) is 0.550. The number of primary amides is 1. The van der Waals surface area contributed by atoms with Crippen LogP contribution < -0.4 is 15.4 Å². The molecule has 7 nitrogen and oxygen atoms in total. The summed E-state index contributed by atoms with van der Waals surface area (Å²) in [6.45, 7) is 7.04. The van der Waals surface area contributed by atoms with Gasteiger partial charge in [-0.3, -0.25) is 4.79 Å². The maximum atomic E-state index is 12.7. The lowest BCUT2D eigenvalue weighted by Gasteiger charge is -2.33. The van der Waals surface area contributed by atoms with Gasteiger partial charge in [-0.2, -0.15) is 13.2 Å². The molecule has 2 aromatic heterocycles. The Morgan fingerprint density at radius 1 is 1.33 bits per heavy atom. The van der Waals surface area contributed by atoms with Crippen molar-refractivity contribution in [3.05, 3.63) is 30.1 Å². The number of pyridine rings is 1. The molecule has 2 aromatic rings. The monoisotopic (exact) mass is 423 g/mol. The lowest BCUT2D eigenvalue weighted by molar-refractivity contribution is -0.153. The van der Waals surface area contributed by atoms with Gasteiger partial charge in [-0.05, 0) is 38.7 Å². The molecule has 2 N–H and O–H groups in total. The Balaban J connectivity index is 1.64. The van der Waals surface area contributed by atoms with Crippen molar-refractivity contribution in [1.29, 1.82) is 0 Å². The third-order valence-electron chi connectivity index (χ3n) is 5.72. The van der Waals surface area contributed by atoms with E-state index in [2.05, 4.69) is 35.8 Å². The molecule has 2 unspecified atom stereocenters. The van der Waals surface area contributed by atoms with E-state index in [1.807, 2.05) is 0 Å². The number of anilines is 1. The number of hydrogen-bond donors (Lipinski definition) is 1. The number of aromatic nitrogens is 3. The van der Waals surface area contributed by atoms with Crippen molar-refractivity contribution in [3.8, 4) is 11.6 Å². The fourth-order valence-corrected chi connectivity index (χ4v) is 4.34. The molecule has 2 fully saturated rings. The quantitative estimate of drug-likeness (QED) is 0.797. The predicted molar refractivity (Wildman–Crippen MR) is 104 cm³/mol. The van der Waals surface area contributed by atoms with E-state index < -0.39 is 24.1 Å². The number of rotatable bonds is 5. The Morgan fingerprint density at radius 2 is 2.07 bits per heavy atom. The summed E-state index contributed by atoms with van der Waals surface area (Å²) in [5.74, 6) is -1.14. The van der Waals surface area contributed by atoms with Crippen molar-refractivity contribution in [3.63, 3.8) is 0 Å². The summed E-state index contributed by atoms with van der Waals surface area (Å²) in [6.07, 6.45) is -1.23. The van der Waals surface area contributed by atoms with Gasteiger partial charge in [-0.15, -0.1) is 5.10 Å². The van der Waals surface area contributed by atoms with Gasteiger partial charge in [0.25, 0.3) is 5.91 Å². The number of carbonyl (C=O) groups is 1.